The van der Waals surface area contributed by atoms with Gasteiger partial charge in [-0.05, 0) is 32.3 Å². The Kier molecular flexibility index (Phi) is 5.53. The molecule has 1 amide bonds. The van der Waals surface area contributed by atoms with Gasteiger partial charge in [0.25, 0.3) is 11.5 Å². The number of amides is 1. The van der Waals surface area contributed by atoms with Gasteiger partial charge in [-0.25, -0.2) is 4.68 Å². The van der Waals surface area contributed by atoms with E-state index in [-0.39, 0.29) is 11.5 Å². The van der Waals surface area contributed by atoms with Crippen LogP contribution in [0, 0.1) is 0 Å². The second-order valence-corrected chi connectivity index (χ2v) is 5.66. The third kappa shape index (κ3) is 3.71. The highest BCUT2D eigenvalue weighted by molar-refractivity contribution is 5.92. The van der Waals surface area contributed by atoms with Crippen LogP contribution in [0.2, 0.25) is 0 Å². The molecule has 116 valence electrons. The number of aryl methyl sites for hydroxylation is 1. The van der Waals surface area contributed by atoms with Crippen LogP contribution in [0.15, 0.2) is 16.9 Å². The van der Waals surface area contributed by atoms with Crippen LogP contribution in [0.4, 0.5) is 0 Å². The molecule has 1 aromatic rings. The summed E-state index contributed by atoms with van der Waals surface area (Å²) in [6.07, 6.45) is 6.43. The first-order chi connectivity index (χ1) is 10.2. The van der Waals surface area contributed by atoms with E-state index in [1.165, 1.54) is 23.6 Å². The lowest BCUT2D eigenvalue weighted by Crippen LogP contribution is -2.40. The second-order valence-electron chi connectivity index (χ2n) is 5.66. The minimum atomic E-state index is -0.135. The summed E-state index contributed by atoms with van der Waals surface area (Å²) in [5.74, 6) is -0.0466. The number of rotatable bonds is 6. The first-order valence-electron chi connectivity index (χ1n) is 8.06. The fourth-order valence-corrected chi connectivity index (χ4v) is 2.96. The molecule has 0 spiro atoms. The van der Waals surface area contributed by atoms with E-state index in [2.05, 4.69) is 12.0 Å². The Morgan fingerprint density at radius 3 is 2.67 bits per heavy atom. The van der Waals surface area contributed by atoms with Gasteiger partial charge in [0.05, 0.1) is 0 Å². The van der Waals surface area contributed by atoms with E-state index >= 15 is 0 Å². The van der Waals surface area contributed by atoms with Gasteiger partial charge in [-0.15, -0.1) is 0 Å². The van der Waals surface area contributed by atoms with E-state index in [1.54, 1.807) is 6.07 Å². The van der Waals surface area contributed by atoms with Crippen LogP contribution in [-0.2, 0) is 6.54 Å². The van der Waals surface area contributed by atoms with Crippen molar-refractivity contribution in [3.8, 4) is 0 Å². The van der Waals surface area contributed by atoms with Gasteiger partial charge in [-0.1, -0.05) is 26.2 Å². The lowest BCUT2D eigenvalue weighted by molar-refractivity contribution is 0.0684. The third-order valence-electron chi connectivity index (χ3n) is 4.18. The quantitative estimate of drug-likeness (QED) is 0.809. The van der Waals surface area contributed by atoms with Crippen LogP contribution < -0.4 is 5.56 Å². The molecule has 5 heteroatoms. The van der Waals surface area contributed by atoms with Gasteiger partial charge in [0, 0.05) is 25.2 Å². The van der Waals surface area contributed by atoms with Crippen molar-refractivity contribution in [1.82, 2.24) is 14.7 Å². The lowest BCUT2D eigenvalue weighted by Gasteiger charge is -2.27. The number of unbranched alkanes of at least 4 members (excludes halogenated alkanes) is 1. The number of hydrogen-bond donors (Lipinski definition) is 0. The zero-order valence-corrected chi connectivity index (χ0v) is 13.0. The highest BCUT2D eigenvalue weighted by atomic mass is 16.2. The normalized spacial score (nSPS) is 15.3. The Balaban J connectivity index is 2.19. The van der Waals surface area contributed by atoms with Gasteiger partial charge in [0.15, 0.2) is 0 Å². The average molecular weight is 291 g/mol. The summed E-state index contributed by atoms with van der Waals surface area (Å²) in [4.78, 5) is 26.3. The maximum Gasteiger partial charge on any atom is 0.274 e. The predicted octanol–water partition coefficient (Wildman–Crippen LogP) is 2.45. The summed E-state index contributed by atoms with van der Waals surface area (Å²) in [5.41, 5.74) is 0.253. The topological polar surface area (TPSA) is 55.2 Å². The first-order valence-corrected chi connectivity index (χ1v) is 8.06. The molecule has 0 saturated heterocycles. The monoisotopic (exact) mass is 291 g/mol. The van der Waals surface area contributed by atoms with E-state index in [0.717, 1.165) is 25.7 Å². The van der Waals surface area contributed by atoms with Crippen molar-refractivity contribution in [2.45, 2.75) is 65.0 Å². The molecule has 1 fully saturated rings. The minimum Gasteiger partial charge on any atom is -0.335 e. The van der Waals surface area contributed by atoms with Crippen LogP contribution in [0.3, 0.4) is 0 Å². The second kappa shape index (κ2) is 7.38. The molecule has 1 aliphatic rings. The van der Waals surface area contributed by atoms with Crippen LogP contribution in [0.5, 0.6) is 0 Å². The van der Waals surface area contributed by atoms with Crippen molar-refractivity contribution in [1.29, 1.82) is 0 Å². The Morgan fingerprint density at radius 1 is 1.33 bits per heavy atom. The molecule has 1 aliphatic carbocycles. The molecule has 0 aromatic carbocycles. The molecule has 1 heterocycles. The van der Waals surface area contributed by atoms with Crippen molar-refractivity contribution in [2.24, 2.45) is 0 Å². The van der Waals surface area contributed by atoms with Gasteiger partial charge in [-0.3, -0.25) is 9.59 Å². The van der Waals surface area contributed by atoms with E-state index in [1.807, 2.05) is 11.8 Å². The molecule has 0 N–H and O–H groups in total. The molecule has 0 unspecified atom stereocenters. The molecular formula is C16H25N3O2. The Bertz CT molecular complexity index is 533. The van der Waals surface area contributed by atoms with Gasteiger partial charge < -0.3 is 4.90 Å². The number of carbonyl (C=O) groups excluding carboxylic acids is 1. The summed E-state index contributed by atoms with van der Waals surface area (Å²) in [6.45, 7) is 5.34. The molecule has 1 aromatic heterocycles. The van der Waals surface area contributed by atoms with E-state index in [4.69, 9.17) is 0 Å². The highest BCUT2D eigenvalue weighted by Gasteiger charge is 2.27. The fraction of sp³-hybridized carbons (Fsp3) is 0.688. The van der Waals surface area contributed by atoms with Gasteiger partial charge in [-0.2, -0.15) is 5.10 Å². The summed E-state index contributed by atoms with van der Waals surface area (Å²) >= 11 is 0. The zero-order chi connectivity index (χ0) is 15.2. The largest absolute Gasteiger partial charge is 0.335 e. The van der Waals surface area contributed by atoms with Crippen molar-refractivity contribution >= 4 is 5.91 Å². The number of aromatic nitrogens is 2. The maximum atomic E-state index is 12.6. The van der Waals surface area contributed by atoms with Crippen LogP contribution in [-0.4, -0.2) is 33.2 Å². The van der Waals surface area contributed by atoms with Crippen LogP contribution in [0.25, 0.3) is 0 Å². The summed E-state index contributed by atoms with van der Waals surface area (Å²) in [6, 6.07) is 3.35. The SMILES string of the molecule is CCCCn1nc(C(=O)N(CC)C2CCCC2)ccc1=O. The van der Waals surface area contributed by atoms with E-state index in [9.17, 15) is 9.59 Å². The number of nitrogens with zero attached hydrogens (tertiary/aromatic N) is 3. The average Bonchev–Trinajstić information content (AvgIpc) is 3.01. The van der Waals surface area contributed by atoms with Crippen LogP contribution in [0.1, 0.15) is 62.9 Å². The predicted molar refractivity (Wildman–Crippen MR) is 82.4 cm³/mol. The maximum absolute atomic E-state index is 12.6. The smallest absolute Gasteiger partial charge is 0.274 e. The summed E-state index contributed by atoms with van der Waals surface area (Å²) in [5, 5.41) is 4.26. The van der Waals surface area contributed by atoms with Gasteiger partial charge >= 0.3 is 0 Å². The minimum absolute atomic E-state index is 0.0466. The number of carbonyl (C=O) groups is 1. The fourth-order valence-electron chi connectivity index (χ4n) is 2.96. The van der Waals surface area contributed by atoms with Crippen molar-refractivity contribution in [3.63, 3.8) is 0 Å². The molecule has 0 aliphatic heterocycles. The van der Waals surface area contributed by atoms with Crippen LogP contribution >= 0.6 is 0 Å². The molecule has 5 nitrogen and oxygen atoms in total. The Hall–Kier alpha value is -1.65. The molecule has 0 radical (unpaired) electrons. The number of hydrogen-bond acceptors (Lipinski definition) is 3. The summed E-state index contributed by atoms with van der Waals surface area (Å²) < 4.78 is 1.42. The van der Waals surface area contributed by atoms with Gasteiger partial charge in [0.2, 0.25) is 0 Å². The molecule has 1 saturated carbocycles. The lowest BCUT2D eigenvalue weighted by atomic mass is 10.2. The standard InChI is InChI=1S/C16H25N3O2/c1-3-5-12-19-15(20)11-10-14(17-19)16(21)18(4-2)13-8-6-7-9-13/h10-11,13H,3-9,12H2,1-2H3. The molecule has 21 heavy (non-hydrogen) atoms. The molecule has 0 bridgehead atoms. The van der Waals surface area contributed by atoms with Gasteiger partial charge in [0.1, 0.15) is 5.69 Å². The highest BCUT2D eigenvalue weighted by Crippen LogP contribution is 2.24. The molecular weight excluding hydrogens is 266 g/mol. The third-order valence-corrected chi connectivity index (χ3v) is 4.18. The Morgan fingerprint density at radius 2 is 2.05 bits per heavy atom. The van der Waals surface area contributed by atoms with Crippen molar-refractivity contribution in [2.75, 3.05) is 6.54 Å². The van der Waals surface area contributed by atoms with E-state index in [0.29, 0.717) is 24.8 Å². The van der Waals surface area contributed by atoms with Crippen molar-refractivity contribution in [3.05, 3.63) is 28.2 Å². The Labute approximate surface area is 126 Å². The van der Waals surface area contributed by atoms with Crippen molar-refractivity contribution < 1.29 is 4.79 Å². The van der Waals surface area contributed by atoms with E-state index < -0.39 is 0 Å². The summed E-state index contributed by atoms with van der Waals surface area (Å²) in [7, 11) is 0. The molecule has 0 atom stereocenters. The zero-order valence-electron chi connectivity index (χ0n) is 13.0. The molecule has 2 rings (SSSR count). The first kappa shape index (κ1) is 15.7.